The van der Waals surface area contributed by atoms with E-state index in [0.717, 1.165) is 0 Å². The van der Waals surface area contributed by atoms with E-state index < -0.39 is 26.6 Å². The van der Waals surface area contributed by atoms with Crippen LogP contribution in [-0.4, -0.2) is 38.0 Å². The molecule has 5 nitrogen and oxygen atoms in total. The van der Waals surface area contributed by atoms with Crippen molar-refractivity contribution < 1.29 is 17.9 Å². The molecule has 0 aromatic carbocycles. The molecule has 2 unspecified atom stereocenters. The highest BCUT2D eigenvalue weighted by molar-refractivity contribution is 7.92. The molecule has 0 aromatic heterocycles. The van der Waals surface area contributed by atoms with Crippen molar-refractivity contribution in [2.75, 3.05) is 12.9 Å². The second-order valence-corrected chi connectivity index (χ2v) is 5.89. The average Bonchev–Trinajstić information content (AvgIpc) is 2.21. The van der Waals surface area contributed by atoms with Crippen LogP contribution in [0.3, 0.4) is 0 Å². The molecule has 6 heteroatoms. The van der Waals surface area contributed by atoms with Crippen molar-refractivity contribution in [3.8, 4) is 0 Å². The maximum Gasteiger partial charge on any atom is 0.326 e. The summed E-state index contributed by atoms with van der Waals surface area (Å²) in [6.07, 6.45) is 0.141. The molecule has 76 valence electrons. The minimum absolute atomic E-state index is 0.141. The zero-order valence-electron chi connectivity index (χ0n) is 7.61. The Morgan fingerprint density at radius 2 is 2.15 bits per heavy atom. The molecule has 1 fully saturated rings. The third-order valence-electron chi connectivity index (χ3n) is 2.32. The van der Waals surface area contributed by atoms with Crippen molar-refractivity contribution in [2.24, 2.45) is 5.73 Å². The maximum atomic E-state index is 11.3. The number of carbonyl (C=O) groups excluding carboxylic acids is 1. The molecule has 0 amide bonds. The highest BCUT2D eigenvalue weighted by atomic mass is 32.2. The van der Waals surface area contributed by atoms with E-state index in [1.807, 2.05) is 0 Å². The summed E-state index contributed by atoms with van der Waals surface area (Å²) < 4.78 is 27.1. The summed E-state index contributed by atoms with van der Waals surface area (Å²) in [5.41, 5.74) is 4.29. The Balaban J connectivity index is 2.95. The van der Waals surface area contributed by atoms with Gasteiger partial charge in [0.1, 0.15) is 5.54 Å². The molecule has 0 bridgehead atoms. The van der Waals surface area contributed by atoms with Crippen LogP contribution >= 0.6 is 0 Å². The predicted molar refractivity (Wildman–Crippen MR) is 46.8 cm³/mol. The van der Waals surface area contributed by atoms with Crippen molar-refractivity contribution in [2.45, 2.75) is 24.1 Å². The molecule has 0 spiro atoms. The Morgan fingerprint density at radius 3 is 2.46 bits per heavy atom. The first-order valence-electron chi connectivity index (χ1n) is 3.91. The highest BCUT2D eigenvalue weighted by Gasteiger charge is 2.50. The number of methoxy groups -OCH3 is 1. The topological polar surface area (TPSA) is 86.5 Å². The minimum atomic E-state index is -3.21. The molecule has 2 N–H and O–H groups in total. The van der Waals surface area contributed by atoms with Gasteiger partial charge in [-0.3, -0.25) is 4.79 Å². The number of nitrogens with two attached hydrogens (primary N) is 1. The van der Waals surface area contributed by atoms with Crippen molar-refractivity contribution in [1.82, 2.24) is 0 Å². The van der Waals surface area contributed by atoms with Crippen molar-refractivity contribution in [1.29, 1.82) is 0 Å². The van der Waals surface area contributed by atoms with E-state index in [-0.39, 0.29) is 12.2 Å². The van der Waals surface area contributed by atoms with Gasteiger partial charge in [0, 0.05) is 0 Å². The van der Waals surface area contributed by atoms with Gasteiger partial charge in [-0.15, -0.1) is 0 Å². The molecule has 1 aliphatic rings. The largest absolute Gasteiger partial charge is 0.468 e. The van der Waals surface area contributed by atoms with Crippen LogP contribution in [0.4, 0.5) is 0 Å². The number of esters is 1. The third kappa shape index (κ3) is 1.68. The maximum absolute atomic E-state index is 11.3. The molecule has 13 heavy (non-hydrogen) atoms. The standard InChI is InChI=1S/C7H13NO4S/c1-5-3-7(8,6(9)12-2)4-13(5,10)11/h5H,3-4,8H2,1-2H3. The molecular formula is C7H13NO4S. The van der Waals surface area contributed by atoms with Gasteiger partial charge in [0.05, 0.1) is 18.1 Å². The number of rotatable bonds is 1. The second-order valence-electron chi connectivity index (χ2n) is 3.47. The van der Waals surface area contributed by atoms with E-state index >= 15 is 0 Å². The van der Waals surface area contributed by atoms with E-state index in [2.05, 4.69) is 4.74 Å². The molecule has 1 aliphatic heterocycles. The van der Waals surface area contributed by atoms with Crippen LogP contribution in [0.5, 0.6) is 0 Å². The fourth-order valence-corrected chi connectivity index (χ4v) is 3.34. The SMILES string of the molecule is COC(=O)C1(N)CC(C)S(=O)(=O)C1. The fraction of sp³-hybridized carbons (Fsp3) is 0.857. The number of carbonyl (C=O) groups is 1. The summed E-state index contributed by atoms with van der Waals surface area (Å²) in [5.74, 6) is -0.964. The van der Waals surface area contributed by atoms with Gasteiger partial charge >= 0.3 is 5.97 Å². The molecule has 1 heterocycles. The summed E-state index contributed by atoms with van der Waals surface area (Å²) in [6, 6.07) is 0. The summed E-state index contributed by atoms with van der Waals surface area (Å²) >= 11 is 0. The number of sulfone groups is 1. The average molecular weight is 207 g/mol. The van der Waals surface area contributed by atoms with Crippen molar-refractivity contribution in [3.05, 3.63) is 0 Å². The molecule has 0 aromatic rings. The van der Waals surface area contributed by atoms with Gasteiger partial charge in [0.15, 0.2) is 9.84 Å². The summed E-state index contributed by atoms with van der Waals surface area (Å²) in [6.45, 7) is 1.55. The lowest BCUT2D eigenvalue weighted by atomic mass is 9.98. The number of hydrogen-bond donors (Lipinski definition) is 1. The van der Waals surface area contributed by atoms with Crippen LogP contribution in [0.15, 0.2) is 0 Å². The zero-order chi connectivity index (χ0) is 10.3. The van der Waals surface area contributed by atoms with Crippen LogP contribution in [0.25, 0.3) is 0 Å². The van der Waals surface area contributed by atoms with Gasteiger partial charge in [0.25, 0.3) is 0 Å². The van der Waals surface area contributed by atoms with Crippen LogP contribution in [0, 0.1) is 0 Å². The lowest BCUT2D eigenvalue weighted by molar-refractivity contribution is -0.146. The first-order chi connectivity index (χ1) is 5.82. The van der Waals surface area contributed by atoms with Crippen molar-refractivity contribution >= 4 is 15.8 Å². The lowest BCUT2D eigenvalue weighted by Crippen LogP contribution is -2.49. The molecule has 1 saturated heterocycles. The fourth-order valence-electron chi connectivity index (χ4n) is 1.55. The van der Waals surface area contributed by atoms with Gasteiger partial charge in [-0.2, -0.15) is 0 Å². The normalized spacial score (nSPS) is 37.3. The number of hydrogen-bond acceptors (Lipinski definition) is 5. The number of ether oxygens (including phenoxy) is 1. The first kappa shape index (κ1) is 10.5. The Hall–Kier alpha value is -0.620. The van der Waals surface area contributed by atoms with Crippen LogP contribution < -0.4 is 5.73 Å². The van der Waals surface area contributed by atoms with Crippen LogP contribution in [0.2, 0.25) is 0 Å². The summed E-state index contributed by atoms with van der Waals surface area (Å²) in [7, 11) is -2.01. The van der Waals surface area contributed by atoms with E-state index in [1.165, 1.54) is 7.11 Å². The Kier molecular flexibility index (Phi) is 2.38. The lowest BCUT2D eigenvalue weighted by Gasteiger charge is -2.17. The molecule has 0 radical (unpaired) electrons. The van der Waals surface area contributed by atoms with Crippen molar-refractivity contribution in [3.63, 3.8) is 0 Å². The zero-order valence-corrected chi connectivity index (χ0v) is 8.43. The molecular weight excluding hydrogens is 194 g/mol. The Labute approximate surface area is 77.2 Å². The van der Waals surface area contributed by atoms with Gasteiger partial charge in [0.2, 0.25) is 0 Å². The summed E-state index contributed by atoms with van der Waals surface area (Å²) in [4.78, 5) is 11.2. The van der Waals surface area contributed by atoms with Gasteiger partial charge in [-0.25, -0.2) is 8.42 Å². The highest BCUT2D eigenvalue weighted by Crippen LogP contribution is 2.28. The third-order valence-corrected chi connectivity index (χ3v) is 4.63. The van der Waals surface area contributed by atoms with E-state index in [9.17, 15) is 13.2 Å². The Bertz CT molecular complexity index is 323. The van der Waals surface area contributed by atoms with Crippen LogP contribution in [-0.2, 0) is 19.4 Å². The van der Waals surface area contributed by atoms with Gasteiger partial charge in [-0.1, -0.05) is 0 Å². The van der Waals surface area contributed by atoms with Gasteiger partial charge in [-0.05, 0) is 13.3 Å². The quantitative estimate of drug-likeness (QED) is 0.561. The smallest absolute Gasteiger partial charge is 0.326 e. The van der Waals surface area contributed by atoms with Gasteiger partial charge < -0.3 is 10.5 Å². The molecule has 0 saturated carbocycles. The van der Waals surface area contributed by atoms with Crippen LogP contribution in [0.1, 0.15) is 13.3 Å². The summed E-state index contributed by atoms with van der Waals surface area (Å²) in [5, 5.41) is -0.559. The predicted octanol–water partition coefficient (Wildman–Crippen LogP) is -0.936. The minimum Gasteiger partial charge on any atom is -0.468 e. The monoisotopic (exact) mass is 207 g/mol. The van der Waals surface area contributed by atoms with E-state index in [4.69, 9.17) is 5.73 Å². The second kappa shape index (κ2) is 2.95. The molecule has 0 aliphatic carbocycles. The molecule has 1 rings (SSSR count). The van der Waals surface area contributed by atoms with E-state index in [1.54, 1.807) is 6.92 Å². The molecule has 2 atom stereocenters. The first-order valence-corrected chi connectivity index (χ1v) is 5.62. The van der Waals surface area contributed by atoms with E-state index in [0.29, 0.717) is 0 Å². The Morgan fingerprint density at radius 1 is 1.62 bits per heavy atom.